The first-order valence-corrected chi connectivity index (χ1v) is 6.04. The zero-order valence-electron chi connectivity index (χ0n) is 10.1. The maximum atomic E-state index is 11.2. The van der Waals surface area contributed by atoms with Crippen molar-refractivity contribution >= 4 is 5.97 Å². The highest BCUT2D eigenvalue weighted by Crippen LogP contribution is 2.05. The number of unbranched alkanes of at least 4 members (excludes halogenated alkanes) is 4. The Kier molecular flexibility index (Phi) is 11.1. The van der Waals surface area contributed by atoms with Crippen molar-refractivity contribution in [3.05, 3.63) is 0 Å². The Morgan fingerprint density at radius 1 is 1.00 bits per heavy atom. The third kappa shape index (κ3) is 11.4. The summed E-state index contributed by atoms with van der Waals surface area (Å²) < 4.78 is 10.1. The Balaban J connectivity index is 3.11. The van der Waals surface area contributed by atoms with Gasteiger partial charge in [-0.05, 0) is 13.3 Å². The van der Waals surface area contributed by atoms with Gasteiger partial charge in [-0.15, -0.1) is 0 Å². The summed E-state index contributed by atoms with van der Waals surface area (Å²) in [4.78, 5) is 11.2. The van der Waals surface area contributed by atoms with Gasteiger partial charge in [0.25, 0.3) is 0 Å². The maximum absolute atomic E-state index is 11.2. The number of carbonyl (C=O) groups is 1. The van der Waals surface area contributed by atoms with Crippen molar-refractivity contribution in [2.24, 2.45) is 0 Å². The second-order valence-corrected chi connectivity index (χ2v) is 3.58. The summed E-state index contributed by atoms with van der Waals surface area (Å²) in [5.74, 6) is -0.0915. The van der Waals surface area contributed by atoms with E-state index >= 15 is 0 Å². The molecule has 0 aromatic carbocycles. The molecule has 0 aliphatic carbocycles. The van der Waals surface area contributed by atoms with Crippen molar-refractivity contribution in [3.8, 4) is 0 Å². The quantitative estimate of drug-likeness (QED) is 0.416. The van der Waals surface area contributed by atoms with Crippen LogP contribution in [0, 0.1) is 0 Å². The maximum Gasteiger partial charge on any atom is 0.305 e. The van der Waals surface area contributed by atoms with Gasteiger partial charge in [0.1, 0.15) is 6.61 Å². The number of hydrogen-bond donors (Lipinski definition) is 0. The third-order valence-corrected chi connectivity index (χ3v) is 2.18. The van der Waals surface area contributed by atoms with Gasteiger partial charge >= 0.3 is 5.97 Å². The van der Waals surface area contributed by atoms with Crippen molar-refractivity contribution in [1.82, 2.24) is 0 Å². The lowest BCUT2D eigenvalue weighted by molar-refractivity contribution is -0.145. The predicted molar refractivity (Wildman–Crippen MR) is 60.8 cm³/mol. The standard InChI is InChI=1S/C12H24O3/c1-3-5-6-7-8-9-12(13)15-11-10-14-4-2/h3-11H2,1-2H3. The first kappa shape index (κ1) is 14.4. The monoisotopic (exact) mass is 216 g/mol. The lowest BCUT2D eigenvalue weighted by Crippen LogP contribution is -2.10. The Hall–Kier alpha value is -0.570. The van der Waals surface area contributed by atoms with Crippen molar-refractivity contribution in [3.63, 3.8) is 0 Å². The van der Waals surface area contributed by atoms with E-state index in [4.69, 9.17) is 9.47 Å². The van der Waals surface area contributed by atoms with E-state index in [-0.39, 0.29) is 5.97 Å². The Morgan fingerprint density at radius 3 is 2.40 bits per heavy atom. The summed E-state index contributed by atoms with van der Waals surface area (Å²) in [6.07, 6.45) is 6.36. The van der Waals surface area contributed by atoms with Crippen LogP contribution in [0.2, 0.25) is 0 Å². The molecule has 0 aromatic rings. The minimum absolute atomic E-state index is 0.0915. The summed E-state index contributed by atoms with van der Waals surface area (Å²) in [6.45, 7) is 5.69. The molecule has 0 fully saturated rings. The zero-order chi connectivity index (χ0) is 11.4. The minimum atomic E-state index is -0.0915. The predicted octanol–water partition coefficient (Wildman–Crippen LogP) is 2.93. The van der Waals surface area contributed by atoms with Crippen LogP contribution in [0.15, 0.2) is 0 Å². The smallest absolute Gasteiger partial charge is 0.305 e. The molecule has 3 nitrogen and oxygen atoms in total. The molecule has 0 spiro atoms. The Morgan fingerprint density at radius 2 is 1.73 bits per heavy atom. The van der Waals surface area contributed by atoms with Gasteiger partial charge < -0.3 is 9.47 Å². The van der Waals surface area contributed by atoms with Crippen LogP contribution in [0.4, 0.5) is 0 Å². The zero-order valence-corrected chi connectivity index (χ0v) is 10.1. The number of ether oxygens (including phenoxy) is 2. The number of esters is 1. The normalized spacial score (nSPS) is 10.3. The molecule has 0 aromatic heterocycles. The number of carbonyl (C=O) groups excluding carboxylic acids is 1. The molecule has 0 atom stereocenters. The van der Waals surface area contributed by atoms with Crippen LogP contribution < -0.4 is 0 Å². The van der Waals surface area contributed by atoms with Gasteiger partial charge in [-0.25, -0.2) is 0 Å². The Bertz CT molecular complexity index is 146. The van der Waals surface area contributed by atoms with E-state index < -0.39 is 0 Å². The van der Waals surface area contributed by atoms with Crippen LogP contribution in [-0.2, 0) is 14.3 Å². The fraction of sp³-hybridized carbons (Fsp3) is 0.917. The molecule has 0 radical (unpaired) electrons. The van der Waals surface area contributed by atoms with Crippen LogP contribution in [0.3, 0.4) is 0 Å². The molecule has 0 saturated heterocycles. The second kappa shape index (κ2) is 11.5. The van der Waals surface area contributed by atoms with Crippen LogP contribution in [0.5, 0.6) is 0 Å². The van der Waals surface area contributed by atoms with Gasteiger partial charge in [-0.3, -0.25) is 4.79 Å². The molecular formula is C12H24O3. The fourth-order valence-corrected chi connectivity index (χ4v) is 1.30. The highest BCUT2D eigenvalue weighted by molar-refractivity contribution is 5.69. The van der Waals surface area contributed by atoms with Crippen molar-refractivity contribution in [2.45, 2.75) is 52.4 Å². The van der Waals surface area contributed by atoms with Crippen molar-refractivity contribution in [1.29, 1.82) is 0 Å². The topological polar surface area (TPSA) is 35.5 Å². The summed E-state index contributed by atoms with van der Waals surface area (Å²) in [5.41, 5.74) is 0. The lowest BCUT2D eigenvalue weighted by atomic mass is 10.1. The van der Waals surface area contributed by atoms with Crippen molar-refractivity contribution in [2.75, 3.05) is 19.8 Å². The summed E-state index contributed by atoms with van der Waals surface area (Å²) in [6, 6.07) is 0. The summed E-state index contributed by atoms with van der Waals surface area (Å²) in [7, 11) is 0. The van der Waals surface area contributed by atoms with Gasteiger partial charge in [-0.1, -0.05) is 32.6 Å². The van der Waals surface area contributed by atoms with Gasteiger partial charge in [0.2, 0.25) is 0 Å². The van der Waals surface area contributed by atoms with Gasteiger partial charge in [0.05, 0.1) is 6.61 Å². The molecule has 0 rings (SSSR count). The van der Waals surface area contributed by atoms with Crippen LogP contribution in [0.1, 0.15) is 52.4 Å². The molecule has 0 bridgehead atoms. The van der Waals surface area contributed by atoms with E-state index in [2.05, 4.69) is 6.92 Å². The molecular weight excluding hydrogens is 192 g/mol. The largest absolute Gasteiger partial charge is 0.463 e. The molecule has 0 unspecified atom stereocenters. The highest BCUT2D eigenvalue weighted by atomic mass is 16.6. The molecule has 0 saturated carbocycles. The third-order valence-electron chi connectivity index (χ3n) is 2.18. The van der Waals surface area contributed by atoms with Gasteiger partial charge in [0, 0.05) is 13.0 Å². The average Bonchev–Trinajstić information content (AvgIpc) is 2.24. The summed E-state index contributed by atoms with van der Waals surface area (Å²) >= 11 is 0. The lowest BCUT2D eigenvalue weighted by Gasteiger charge is -2.04. The van der Waals surface area contributed by atoms with E-state index in [9.17, 15) is 4.79 Å². The first-order chi connectivity index (χ1) is 7.31. The molecule has 15 heavy (non-hydrogen) atoms. The molecule has 90 valence electrons. The minimum Gasteiger partial charge on any atom is -0.463 e. The SMILES string of the molecule is CCCCCCCC(=O)OCCOCC. The van der Waals surface area contributed by atoms with Crippen LogP contribution >= 0.6 is 0 Å². The van der Waals surface area contributed by atoms with E-state index in [0.29, 0.717) is 26.2 Å². The van der Waals surface area contributed by atoms with Gasteiger partial charge in [-0.2, -0.15) is 0 Å². The molecule has 0 aliphatic heterocycles. The fourth-order valence-electron chi connectivity index (χ4n) is 1.30. The van der Waals surface area contributed by atoms with Crippen LogP contribution in [0.25, 0.3) is 0 Å². The van der Waals surface area contributed by atoms with E-state index in [0.717, 1.165) is 12.8 Å². The molecule has 3 heteroatoms. The van der Waals surface area contributed by atoms with Crippen molar-refractivity contribution < 1.29 is 14.3 Å². The first-order valence-electron chi connectivity index (χ1n) is 6.04. The van der Waals surface area contributed by atoms with E-state index in [1.807, 2.05) is 6.92 Å². The molecule has 0 amide bonds. The average molecular weight is 216 g/mol. The van der Waals surface area contributed by atoms with E-state index in [1.54, 1.807) is 0 Å². The second-order valence-electron chi connectivity index (χ2n) is 3.58. The van der Waals surface area contributed by atoms with Crippen LogP contribution in [-0.4, -0.2) is 25.8 Å². The summed E-state index contributed by atoms with van der Waals surface area (Å²) in [5, 5.41) is 0. The van der Waals surface area contributed by atoms with E-state index in [1.165, 1.54) is 19.3 Å². The molecule has 0 heterocycles. The molecule has 0 N–H and O–H groups in total. The highest BCUT2D eigenvalue weighted by Gasteiger charge is 2.01. The Labute approximate surface area is 93.1 Å². The number of hydrogen-bond acceptors (Lipinski definition) is 3. The molecule has 0 aliphatic rings. The van der Waals surface area contributed by atoms with Gasteiger partial charge in [0.15, 0.2) is 0 Å². The number of rotatable bonds is 10.